The number of aryl methyl sites for hydroxylation is 4. The SMILES string of the molecule is Cc1ccc(CCC(C)NCCCc2ccccc2)cc1C. The molecule has 0 aliphatic rings. The molecule has 0 saturated carbocycles. The van der Waals surface area contributed by atoms with E-state index in [-0.39, 0.29) is 0 Å². The smallest absolute Gasteiger partial charge is 0.00418 e. The molecule has 1 unspecified atom stereocenters. The number of benzene rings is 2. The van der Waals surface area contributed by atoms with Crippen LogP contribution in [0.3, 0.4) is 0 Å². The molecule has 2 rings (SSSR count). The summed E-state index contributed by atoms with van der Waals surface area (Å²) < 4.78 is 0. The zero-order valence-corrected chi connectivity index (χ0v) is 14.2. The number of nitrogens with one attached hydrogen (secondary N) is 1. The van der Waals surface area contributed by atoms with Gasteiger partial charge in [-0.1, -0.05) is 48.5 Å². The summed E-state index contributed by atoms with van der Waals surface area (Å²) in [5.74, 6) is 0. The van der Waals surface area contributed by atoms with Gasteiger partial charge in [0.25, 0.3) is 0 Å². The molecule has 0 aliphatic carbocycles. The van der Waals surface area contributed by atoms with Crippen molar-refractivity contribution in [1.82, 2.24) is 5.32 Å². The predicted octanol–water partition coefficient (Wildman–Crippen LogP) is 4.85. The Bertz CT molecular complexity index is 559. The van der Waals surface area contributed by atoms with Crippen LogP contribution in [0.5, 0.6) is 0 Å². The average Bonchev–Trinajstić information content (AvgIpc) is 2.54. The highest BCUT2D eigenvalue weighted by atomic mass is 14.9. The lowest BCUT2D eigenvalue weighted by molar-refractivity contribution is 0.506. The van der Waals surface area contributed by atoms with E-state index in [9.17, 15) is 0 Å². The maximum atomic E-state index is 3.65. The fourth-order valence-corrected chi connectivity index (χ4v) is 2.73. The first-order chi connectivity index (χ1) is 10.6. The second-order valence-corrected chi connectivity index (χ2v) is 6.40. The molecule has 2 aromatic rings. The Morgan fingerprint density at radius 3 is 2.36 bits per heavy atom. The van der Waals surface area contributed by atoms with Crippen LogP contribution >= 0.6 is 0 Å². The summed E-state index contributed by atoms with van der Waals surface area (Å²) in [4.78, 5) is 0. The van der Waals surface area contributed by atoms with Gasteiger partial charge in [-0.2, -0.15) is 0 Å². The lowest BCUT2D eigenvalue weighted by atomic mass is 10.0. The van der Waals surface area contributed by atoms with Crippen LogP contribution in [-0.4, -0.2) is 12.6 Å². The minimum atomic E-state index is 0.581. The van der Waals surface area contributed by atoms with E-state index < -0.39 is 0 Å². The number of hydrogen-bond acceptors (Lipinski definition) is 1. The van der Waals surface area contributed by atoms with Crippen molar-refractivity contribution in [2.24, 2.45) is 0 Å². The third kappa shape index (κ3) is 5.65. The van der Waals surface area contributed by atoms with Gasteiger partial charge in [0.15, 0.2) is 0 Å². The van der Waals surface area contributed by atoms with Gasteiger partial charge in [-0.15, -0.1) is 0 Å². The molecule has 0 aliphatic heterocycles. The Balaban J connectivity index is 1.63. The maximum Gasteiger partial charge on any atom is 0.00418 e. The van der Waals surface area contributed by atoms with Crippen LogP contribution in [0.25, 0.3) is 0 Å². The minimum absolute atomic E-state index is 0.581. The highest BCUT2D eigenvalue weighted by Crippen LogP contribution is 2.12. The first-order valence-electron chi connectivity index (χ1n) is 8.48. The van der Waals surface area contributed by atoms with Gasteiger partial charge in [-0.3, -0.25) is 0 Å². The molecular weight excluding hydrogens is 266 g/mol. The fraction of sp³-hybridized carbons (Fsp3) is 0.429. The summed E-state index contributed by atoms with van der Waals surface area (Å²) in [5, 5.41) is 3.65. The highest BCUT2D eigenvalue weighted by molar-refractivity contribution is 5.29. The van der Waals surface area contributed by atoms with Crippen molar-refractivity contribution in [2.75, 3.05) is 6.54 Å². The molecule has 2 aromatic carbocycles. The highest BCUT2D eigenvalue weighted by Gasteiger charge is 2.03. The number of hydrogen-bond donors (Lipinski definition) is 1. The molecule has 0 saturated heterocycles. The van der Waals surface area contributed by atoms with Gasteiger partial charge in [0.2, 0.25) is 0 Å². The molecule has 0 heterocycles. The molecule has 0 bridgehead atoms. The molecule has 1 nitrogen and oxygen atoms in total. The third-order valence-electron chi connectivity index (χ3n) is 4.42. The Kier molecular flexibility index (Phi) is 6.67. The fourth-order valence-electron chi connectivity index (χ4n) is 2.73. The van der Waals surface area contributed by atoms with E-state index in [4.69, 9.17) is 0 Å². The van der Waals surface area contributed by atoms with Crippen molar-refractivity contribution >= 4 is 0 Å². The van der Waals surface area contributed by atoms with Crippen molar-refractivity contribution in [1.29, 1.82) is 0 Å². The zero-order chi connectivity index (χ0) is 15.8. The monoisotopic (exact) mass is 295 g/mol. The first kappa shape index (κ1) is 16.8. The summed E-state index contributed by atoms with van der Waals surface area (Å²) >= 11 is 0. The van der Waals surface area contributed by atoms with Crippen molar-refractivity contribution in [2.45, 2.75) is 52.5 Å². The average molecular weight is 295 g/mol. The largest absolute Gasteiger partial charge is 0.314 e. The summed E-state index contributed by atoms with van der Waals surface area (Å²) in [5.41, 5.74) is 5.69. The molecule has 118 valence electrons. The number of rotatable bonds is 8. The lowest BCUT2D eigenvalue weighted by Gasteiger charge is -2.14. The normalized spacial score (nSPS) is 12.3. The Morgan fingerprint density at radius 1 is 0.864 bits per heavy atom. The van der Waals surface area contributed by atoms with E-state index in [2.05, 4.69) is 74.6 Å². The van der Waals surface area contributed by atoms with Crippen LogP contribution in [0.15, 0.2) is 48.5 Å². The Labute approximate surface area is 135 Å². The maximum absolute atomic E-state index is 3.65. The molecule has 22 heavy (non-hydrogen) atoms. The van der Waals surface area contributed by atoms with Crippen molar-refractivity contribution in [3.63, 3.8) is 0 Å². The molecular formula is C21H29N. The lowest BCUT2D eigenvalue weighted by Crippen LogP contribution is -2.27. The molecule has 0 aromatic heterocycles. The first-order valence-corrected chi connectivity index (χ1v) is 8.48. The standard InChI is InChI=1S/C21H29N/c1-17-11-13-21(16-18(17)2)14-12-19(3)22-15-7-10-20-8-5-4-6-9-20/h4-6,8-9,11,13,16,19,22H,7,10,12,14-15H2,1-3H3. The molecule has 1 atom stereocenters. The van der Waals surface area contributed by atoms with E-state index in [1.807, 2.05) is 0 Å². The summed E-state index contributed by atoms with van der Waals surface area (Å²) in [7, 11) is 0. The summed E-state index contributed by atoms with van der Waals surface area (Å²) in [6.07, 6.45) is 4.73. The second-order valence-electron chi connectivity index (χ2n) is 6.40. The van der Waals surface area contributed by atoms with Gasteiger partial charge >= 0.3 is 0 Å². The van der Waals surface area contributed by atoms with Crippen LogP contribution in [0, 0.1) is 13.8 Å². The quantitative estimate of drug-likeness (QED) is 0.687. The molecule has 0 radical (unpaired) electrons. The Hall–Kier alpha value is -1.60. The zero-order valence-electron chi connectivity index (χ0n) is 14.2. The van der Waals surface area contributed by atoms with Crippen molar-refractivity contribution in [3.8, 4) is 0 Å². The van der Waals surface area contributed by atoms with Gasteiger partial charge < -0.3 is 5.32 Å². The van der Waals surface area contributed by atoms with Gasteiger partial charge in [0, 0.05) is 6.04 Å². The van der Waals surface area contributed by atoms with Gasteiger partial charge in [-0.05, 0) is 75.3 Å². The van der Waals surface area contributed by atoms with Crippen LogP contribution < -0.4 is 5.32 Å². The van der Waals surface area contributed by atoms with Gasteiger partial charge in [-0.25, -0.2) is 0 Å². The minimum Gasteiger partial charge on any atom is -0.314 e. The molecule has 0 amide bonds. The summed E-state index contributed by atoms with van der Waals surface area (Å²) in [6.45, 7) is 7.77. The van der Waals surface area contributed by atoms with Gasteiger partial charge in [0.1, 0.15) is 0 Å². The van der Waals surface area contributed by atoms with Crippen LogP contribution in [0.2, 0.25) is 0 Å². The van der Waals surface area contributed by atoms with Crippen molar-refractivity contribution in [3.05, 3.63) is 70.8 Å². The predicted molar refractivity (Wildman–Crippen MR) is 96.5 cm³/mol. The summed E-state index contributed by atoms with van der Waals surface area (Å²) in [6, 6.07) is 18.2. The topological polar surface area (TPSA) is 12.0 Å². The van der Waals surface area contributed by atoms with E-state index in [1.54, 1.807) is 0 Å². The van der Waals surface area contributed by atoms with E-state index in [0.29, 0.717) is 6.04 Å². The van der Waals surface area contributed by atoms with Gasteiger partial charge in [0.05, 0.1) is 0 Å². The molecule has 1 N–H and O–H groups in total. The van der Waals surface area contributed by atoms with E-state index >= 15 is 0 Å². The third-order valence-corrected chi connectivity index (χ3v) is 4.42. The van der Waals surface area contributed by atoms with Crippen LogP contribution in [0.1, 0.15) is 42.0 Å². The van der Waals surface area contributed by atoms with Crippen LogP contribution in [0.4, 0.5) is 0 Å². The van der Waals surface area contributed by atoms with Crippen LogP contribution in [-0.2, 0) is 12.8 Å². The second kappa shape index (κ2) is 8.75. The van der Waals surface area contributed by atoms with Crippen molar-refractivity contribution < 1.29 is 0 Å². The molecule has 0 fully saturated rings. The molecule has 1 heteroatoms. The van der Waals surface area contributed by atoms with E-state index in [0.717, 1.165) is 19.4 Å². The Morgan fingerprint density at radius 2 is 1.64 bits per heavy atom. The molecule has 0 spiro atoms. The van der Waals surface area contributed by atoms with E-state index in [1.165, 1.54) is 35.1 Å².